The third-order valence-electron chi connectivity index (χ3n) is 6.53. The maximum atomic E-state index is 12.2. The Morgan fingerprint density at radius 1 is 1.10 bits per heavy atom. The van der Waals surface area contributed by atoms with E-state index in [-0.39, 0.29) is 16.9 Å². The van der Waals surface area contributed by atoms with E-state index in [9.17, 15) is 4.79 Å². The highest BCUT2D eigenvalue weighted by Gasteiger charge is 2.55. The van der Waals surface area contributed by atoms with E-state index in [1.165, 1.54) is 32.1 Å². The predicted octanol–water partition coefficient (Wildman–Crippen LogP) is 2.31. The molecule has 4 heteroatoms. The Bertz CT molecular complexity index is 386. The monoisotopic (exact) mass is 294 g/mol. The van der Waals surface area contributed by atoms with Crippen LogP contribution in [0.5, 0.6) is 0 Å². The molecule has 2 atom stereocenters. The zero-order chi connectivity index (χ0) is 14.9. The molecule has 4 nitrogen and oxygen atoms in total. The first-order valence-corrected chi connectivity index (χ1v) is 8.72. The zero-order valence-corrected chi connectivity index (χ0v) is 13.4. The number of morpholine rings is 1. The average molecular weight is 294 g/mol. The van der Waals surface area contributed by atoms with E-state index >= 15 is 0 Å². The second-order valence-corrected chi connectivity index (χ2v) is 7.49. The molecule has 0 aromatic heterocycles. The van der Waals surface area contributed by atoms with Crippen molar-refractivity contribution in [3.8, 4) is 0 Å². The van der Waals surface area contributed by atoms with E-state index in [1.54, 1.807) is 0 Å². The van der Waals surface area contributed by atoms with Gasteiger partial charge in [-0.15, -0.1) is 0 Å². The molecule has 0 radical (unpaired) electrons. The molecule has 2 unspecified atom stereocenters. The predicted molar refractivity (Wildman–Crippen MR) is 82.9 cm³/mol. The minimum atomic E-state index is -0.319. The van der Waals surface area contributed by atoms with Crippen molar-refractivity contribution in [2.45, 2.75) is 63.8 Å². The number of ether oxygens (including phenoxy) is 1. The minimum Gasteiger partial charge on any atom is -0.379 e. The fourth-order valence-corrected chi connectivity index (χ4v) is 5.37. The Kier molecular flexibility index (Phi) is 4.28. The average Bonchev–Trinajstić information content (AvgIpc) is 2.99. The maximum absolute atomic E-state index is 12.2. The van der Waals surface area contributed by atoms with Gasteiger partial charge < -0.3 is 10.5 Å². The van der Waals surface area contributed by atoms with Crippen LogP contribution < -0.4 is 5.73 Å². The molecule has 1 aliphatic heterocycles. The van der Waals surface area contributed by atoms with Crippen LogP contribution in [0, 0.1) is 11.3 Å². The summed E-state index contributed by atoms with van der Waals surface area (Å²) in [4.78, 5) is 14.9. The highest BCUT2D eigenvalue weighted by molar-refractivity contribution is 5.81. The van der Waals surface area contributed by atoms with Crippen LogP contribution in [0.4, 0.5) is 0 Å². The quantitative estimate of drug-likeness (QED) is 0.869. The number of amides is 1. The SMILES string of the molecule is CC1(C(N)=O)CCCCC1C1(N2CCOCC2)CCCC1. The Hall–Kier alpha value is -0.610. The highest BCUT2D eigenvalue weighted by atomic mass is 16.5. The standard InChI is InChI=1S/C17H30N2O2/c1-16(15(18)20)7-3-2-6-14(16)17(8-4-5-9-17)19-10-12-21-13-11-19/h14H,2-13H2,1H3,(H2,18,20). The number of hydrogen-bond acceptors (Lipinski definition) is 3. The first-order chi connectivity index (χ1) is 10.1. The molecule has 1 heterocycles. The van der Waals surface area contributed by atoms with Crippen molar-refractivity contribution in [1.82, 2.24) is 4.90 Å². The molecule has 2 aliphatic carbocycles. The molecule has 2 saturated carbocycles. The summed E-state index contributed by atoms with van der Waals surface area (Å²) < 4.78 is 5.56. The van der Waals surface area contributed by atoms with E-state index in [2.05, 4.69) is 11.8 Å². The van der Waals surface area contributed by atoms with Gasteiger partial charge in [-0.05, 0) is 31.6 Å². The van der Waals surface area contributed by atoms with E-state index in [0.717, 1.165) is 45.6 Å². The van der Waals surface area contributed by atoms with Crippen LogP contribution in [0.3, 0.4) is 0 Å². The van der Waals surface area contributed by atoms with Crippen molar-refractivity contribution in [3.05, 3.63) is 0 Å². The Morgan fingerprint density at radius 3 is 2.33 bits per heavy atom. The van der Waals surface area contributed by atoms with Gasteiger partial charge in [-0.3, -0.25) is 9.69 Å². The second kappa shape index (κ2) is 5.88. The summed E-state index contributed by atoms with van der Waals surface area (Å²) >= 11 is 0. The van der Waals surface area contributed by atoms with Gasteiger partial charge in [-0.25, -0.2) is 0 Å². The third-order valence-corrected chi connectivity index (χ3v) is 6.53. The summed E-state index contributed by atoms with van der Waals surface area (Å²) in [7, 11) is 0. The molecule has 3 fully saturated rings. The number of hydrogen-bond donors (Lipinski definition) is 1. The van der Waals surface area contributed by atoms with E-state index in [0.29, 0.717) is 5.92 Å². The van der Waals surface area contributed by atoms with Gasteiger partial charge in [0.25, 0.3) is 0 Å². The van der Waals surface area contributed by atoms with Crippen molar-refractivity contribution in [2.24, 2.45) is 17.1 Å². The Labute approximate surface area is 128 Å². The summed E-state index contributed by atoms with van der Waals surface area (Å²) in [6, 6.07) is 0. The summed E-state index contributed by atoms with van der Waals surface area (Å²) in [5.74, 6) is 0.351. The van der Waals surface area contributed by atoms with Crippen LogP contribution in [0.15, 0.2) is 0 Å². The Morgan fingerprint density at radius 2 is 1.71 bits per heavy atom. The van der Waals surface area contributed by atoms with Crippen LogP contribution in [0.1, 0.15) is 58.3 Å². The first-order valence-electron chi connectivity index (χ1n) is 8.72. The molecule has 1 saturated heterocycles. The van der Waals surface area contributed by atoms with E-state index in [1.807, 2.05) is 0 Å². The normalized spacial score (nSPS) is 37.5. The molecule has 120 valence electrons. The van der Waals surface area contributed by atoms with Crippen molar-refractivity contribution in [3.63, 3.8) is 0 Å². The van der Waals surface area contributed by atoms with E-state index < -0.39 is 0 Å². The zero-order valence-electron chi connectivity index (χ0n) is 13.4. The van der Waals surface area contributed by atoms with Gasteiger partial charge in [0, 0.05) is 18.6 Å². The fraction of sp³-hybridized carbons (Fsp3) is 0.941. The lowest BCUT2D eigenvalue weighted by Gasteiger charge is -2.55. The molecular weight excluding hydrogens is 264 g/mol. The molecule has 3 rings (SSSR count). The van der Waals surface area contributed by atoms with Crippen LogP contribution in [-0.4, -0.2) is 42.6 Å². The van der Waals surface area contributed by atoms with Gasteiger partial charge in [0.15, 0.2) is 0 Å². The number of nitrogens with zero attached hydrogens (tertiary/aromatic N) is 1. The summed E-state index contributed by atoms with van der Waals surface area (Å²) in [6.07, 6.45) is 9.59. The van der Waals surface area contributed by atoms with Crippen molar-refractivity contribution in [2.75, 3.05) is 26.3 Å². The molecule has 0 spiro atoms. The Balaban J connectivity index is 1.93. The third kappa shape index (κ3) is 2.50. The number of primary amides is 1. The van der Waals surface area contributed by atoms with Crippen LogP contribution in [0.25, 0.3) is 0 Å². The smallest absolute Gasteiger partial charge is 0.223 e. The van der Waals surface area contributed by atoms with Crippen molar-refractivity contribution < 1.29 is 9.53 Å². The van der Waals surface area contributed by atoms with E-state index in [4.69, 9.17) is 10.5 Å². The van der Waals surface area contributed by atoms with Gasteiger partial charge in [-0.1, -0.05) is 32.6 Å². The van der Waals surface area contributed by atoms with Gasteiger partial charge in [0.1, 0.15) is 0 Å². The molecule has 1 amide bonds. The molecule has 0 aromatic carbocycles. The maximum Gasteiger partial charge on any atom is 0.223 e. The van der Waals surface area contributed by atoms with Crippen LogP contribution >= 0.6 is 0 Å². The molecule has 0 bridgehead atoms. The number of nitrogens with two attached hydrogens (primary N) is 1. The molecule has 21 heavy (non-hydrogen) atoms. The summed E-state index contributed by atoms with van der Waals surface area (Å²) in [6.45, 7) is 5.85. The lowest BCUT2D eigenvalue weighted by atomic mass is 9.58. The minimum absolute atomic E-state index is 0.0771. The largest absolute Gasteiger partial charge is 0.379 e. The first kappa shape index (κ1) is 15.3. The number of rotatable bonds is 3. The van der Waals surface area contributed by atoms with Crippen LogP contribution in [-0.2, 0) is 9.53 Å². The number of carbonyl (C=O) groups excluding carboxylic acids is 1. The second-order valence-electron chi connectivity index (χ2n) is 7.49. The summed E-state index contributed by atoms with van der Waals surface area (Å²) in [5, 5.41) is 0. The van der Waals surface area contributed by atoms with Gasteiger partial charge >= 0.3 is 0 Å². The summed E-state index contributed by atoms with van der Waals surface area (Å²) in [5.41, 5.74) is 5.75. The topological polar surface area (TPSA) is 55.6 Å². The highest BCUT2D eigenvalue weighted by Crippen LogP contribution is 2.54. The lowest BCUT2D eigenvalue weighted by Crippen LogP contribution is -2.62. The van der Waals surface area contributed by atoms with Gasteiger partial charge in [0.2, 0.25) is 5.91 Å². The molecule has 2 N–H and O–H groups in total. The van der Waals surface area contributed by atoms with Gasteiger partial charge in [-0.2, -0.15) is 0 Å². The van der Waals surface area contributed by atoms with Crippen molar-refractivity contribution >= 4 is 5.91 Å². The van der Waals surface area contributed by atoms with Crippen molar-refractivity contribution in [1.29, 1.82) is 0 Å². The van der Waals surface area contributed by atoms with Crippen LogP contribution in [0.2, 0.25) is 0 Å². The lowest BCUT2D eigenvalue weighted by molar-refractivity contribution is -0.141. The molecular formula is C17H30N2O2. The molecule has 3 aliphatic rings. The number of carbonyl (C=O) groups is 1. The van der Waals surface area contributed by atoms with Gasteiger partial charge in [0.05, 0.1) is 18.6 Å². The molecule has 0 aromatic rings. The fourth-order valence-electron chi connectivity index (χ4n) is 5.37.